The molecule has 0 aliphatic heterocycles. The van der Waals surface area contributed by atoms with Crippen molar-refractivity contribution in [1.29, 1.82) is 10.5 Å². The maximum Gasteiger partial charge on any atom is 0.131 e. The van der Waals surface area contributed by atoms with Gasteiger partial charge >= 0.3 is 0 Å². The summed E-state index contributed by atoms with van der Waals surface area (Å²) in [4.78, 5) is 5.52. The fraction of sp³-hybridized carbons (Fsp3) is 0.143. The topological polar surface area (TPSA) is 50.8 Å². The molecule has 5 aromatic rings. The van der Waals surface area contributed by atoms with Crippen LogP contribution in [0.3, 0.4) is 0 Å². The number of allylic oxidation sites excluding steroid dienone is 1. The molecule has 0 spiro atoms. The Morgan fingerprint density at radius 2 is 1.40 bits per heavy atom. The van der Waals surface area contributed by atoms with Crippen LogP contribution in [0.15, 0.2) is 90.5 Å². The lowest BCUT2D eigenvalue weighted by Gasteiger charge is -2.27. The zero-order valence-electron chi connectivity index (χ0n) is 22.8. The lowest BCUT2D eigenvalue weighted by molar-refractivity contribution is 0.660. The van der Waals surface area contributed by atoms with E-state index >= 15 is 0 Å². The highest BCUT2D eigenvalue weighted by molar-refractivity contribution is 7.24. The lowest BCUT2D eigenvalue weighted by Crippen LogP contribution is -2.16. The molecule has 6 rings (SSSR count). The number of aryl methyl sites for hydroxylation is 2. The Kier molecular flexibility index (Phi) is 6.43. The molecule has 0 atom stereocenters. The predicted molar refractivity (Wildman–Crippen MR) is 169 cm³/mol. The number of anilines is 3. The van der Waals surface area contributed by atoms with Gasteiger partial charge in [0.2, 0.25) is 0 Å². The summed E-state index contributed by atoms with van der Waals surface area (Å²) in [5, 5.41) is 19.4. The summed E-state index contributed by atoms with van der Waals surface area (Å²) in [6, 6.07) is 34.6. The highest BCUT2D eigenvalue weighted by Gasteiger charge is 2.35. The number of nitriles is 2. The van der Waals surface area contributed by atoms with E-state index in [0.29, 0.717) is 0 Å². The molecule has 2 heterocycles. The standard InChI is InChI=1S/C35H27N3S2/c1-22-9-10-25(17-23(22)2)38(26-11-13-29-28-7-5-6-8-30(28)35(3,4)31(29)19-26)34-16-15-33(40-34)32-14-12-27(39-32)18-24(20-36)21-37/h5-19H,1-4H3. The largest absolute Gasteiger partial charge is 0.302 e. The number of hydrogen-bond acceptors (Lipinski definition) is 5. The van der Waals surface area contributed by atoms with Gasteiger partial charge in [0.1, 0.15) is 22.7 Å². The first-order chi connectivity index (χ1) is 19.3. The minimum absolute atomic E-state index is 0.0794. The first-order valence-corrected chi connectivity index (χ1v) is 14.8. The molecule has 3 nitrogen and oxygen atoms in total. The van der Waals surface area contributed by atoms with Crippen LogP contribution in [0.4, 0.5) is 16.4 Å². The van der Waals surface area contributed by atoms with Crippen LogP contribution >= 0.6 is 22.7 Å². The fourth-order valence-corrected chi connectivity index (χ4v) is 7.56. The molecule has 0 fully saturated rings. The summed E-state index contributed by atoms with van der Waals surface area (Å²) >= 11 is 3.33. The molecule has 1 aliphatic carbocycles. The number of benzene rings is 3. The van der Waals surface area contributed by atoms with Crippen molar-refractivity contribution in [3.63, 3.8) is 0 Å². The molecule has 0 amide bonds. The van der Waals surface area contributed by atoms with Crippen LogP contribution < -0.4 is 4.90 Å². The molecule has 0 unspecified atom stereocenters. The van der Waals surface area contributed by atoms with E-state index in [1.54, 1.807) is 28.7 Å². The third kappa shape index (κ3) is 4.34. The van der Waals surface area contributed by atoms with E-state index in [4.69, 9.17) is 10.5 Å². The second-order valence-corrected chi connectivity index (χ2v) is 12.8. The normalized spacial score (nSPS) is 12.7. The monoisotopic (exact) mass is 553 g/mol. The maximum atomic E-state index is 9.13. The zero-order valence-corrected chi connectivity index (χ0v) is 24.5. The van der Waals surface area contributed by atoms with Crippen molar-refractivity contribution in [2.75, 3.05) is 4.90 Å². The molecule has 0 radical (unpaired) electrons. The average Bonchev–Trinajstić information content (AvgIpc) is 3.68. The van der Waals surface area contributed by atoms with Gasteiger partial charge in [0.25, 0.3) is 0 Å². The summed E-state index contributed by atoms with van der Waals surface area (Å²) < 4.78 is 0. The van der Waals surface area contributed by atoms with Crippen LogP contribution in [0.5, 0.6) is 0 Å². The van der Waals surface area contributed by atoms with Crippen molar-refractivity contribution in [1.82, 2.24) is 0 Å². The summed E-state index contributed by atoms with van der Waals surface area (Å²) in [5.74, 6) is 0. The second kappa shape index (κ2) is 9.96. The van der Waals surface area contributed by atoms with E-state index in [2.05, 4.69) is 111 Å². The van der Waals surface area contributed by atoms with Crippen LogP contribution in [0.25, 0.3) is 27.0 Å². The first-order valence-electron chi connectivity index (χ1n) is 13.1. The van der Waals surface area contributed by atoms with Crippen LogP contribution in [0, 0.1) is 36.5 Å². The summed E-state index contributed by atoms with van der Waals surface area (Å²) in [6.45, 7) is 8.95. The molecule has 0 saturated carbocycles. The van der Waals surface area contributed by atoms with E-state index in [-0.39, 0.29) is 11.0 Å². The van der Waals surface area contributed by atoms with Gasteiger partial charge in [-0.15, -0.1) is 22.7 Å². The Morgan fingerprint density at radius 3 is 2.17 bits per heavy atom. The molecule has 0 bridgehead atoms. The van der Waals surface area contributed by atoms with Gasteiger partial charge in [0.15, 0.2) is 0 Å². The van der Waals surface area contributed by atoms with Crippen molar-refractivity contribution < 1.29 is 0 Å². The fourth-order valence-electron chi connectivity index (χ4n) is 5.47. The third-order valence-electron chi connectivity index (χ3n) is 7.78. The van der Waals surface area contributed by atoms with Gasteiger partial charge in [0.05, 0.1) is 0 Å². The second-order valence-electron chi connectivity index (χ2n) is 10.6. The molecule has 0 N–H and O–H groups in total. The minimum atomic E-state index is -0.0794. The molecule has 2 aromatic heterocycles. The number of thiophene rings is 2. The predicted octanol–water partition coefficient (Wildman–Crippen LogP) is 10.3. The van der Waals surface area contributed by atoms with Crippen LogP contribution in [0.2, 0.25) is 0 Å². The van der Waals surface area contributed by atoms with E-state index < -0.39 is 0 Å². The summed E-state index contributed by atoms with van der Waals surface area (Å²) in [7, 11) is 0. The van der Waals surface area contributed by atoms with Crippen molar-refractivity contribution >= 4 is 45.1 Å². The Hall–Kier alpha value is -4.42. The molecule has 40 heavy (non-hydrogen) atoms. The average molecular weight is 554 g/mol. The minimum Gasteiger partial charge on any atom is -0.302 e. The number of nitrogens with zero attached hydrogens (tertiary/aromatic N) is 3. The van der Waals surface area contributed by atoms with Crippen molar-refractivity contribution in [2.24, 2.45) is 0 Å². The van der Waals surface area contributed by atoms with Crippen LogP contribution in [-0.4, -0.2) is 0 Å². The molecule has 0 saturated heterocycles. The highest BCUT2D eigenvalue weighted by atomic mass is 32.1. The van der Waals surface area contributed by atoms with Crippen LogP contribution in [-0.2, 0) is 5.41 Å². The highest BCUT2D eigenvalue weighted by Crippen LogP contribution is 2.51. The van der Waals surface area contributed by atoms with E-state index in [0.717, 1.165) is 31.0 Å². The Balaban J connectivity index is 1.45. The molecule has 194 valence electrons. The van der Waals surface area contributed by atoms with E-state index in [9.17, 15) is 0 Å². The molecule has 5 heteroatoms. The Bertz CT molecular complexity index is 1870. The van der Waals surface area contributed by atoms with Gasteiger partial charge in [0, 0.05) is 31.4 Å². The van der Waals surface area contributed by atoms with Gasteiger partial charge in [-0.05, 0) is 102 Å². The van der Waals surface area contributed by atoms with Crippen LogP contribution in [0.1, 0.15) is 41.0 Å². The third-order valence-corrected chi connectivity index (χ3v) is 10.1. The van der Waals surface area contributed by atoms with Gasteiger partial charge in [-0.25, -0.2) is 0 Å². The van der Waals surface area contributed by atoms with E-state index in [1.807, 2.05) is 18.2 Å². The van der Waals surface area contributed by atoms with Crippen molar-refractivity contribution in [2.45, 2.75) is 33.1 Å². The Morgan fingerprint density at radius 1 is 0.725 bits per heavy atom. The zero-order chi connectivity index (χ0) is 28.0. The summed E-state index contributed by atoms with van der Waals surface area (Å²) in [6.07, 6.45) is 1.65. The lowest BCUT2D eigenvalue weighted by atomic mass is 9.82. The number of rotatable bonds is 5. The number of hydrogen-bond donors (Lipinski definition) is 0. The van der Waals surface area contributed by atoms with Gasteiger partial charge in [-0.3, -0.25) is 0 Å². The Labute approximate surface area is 243 Å². The van der Waals surface area contributed by atoms with Crippen molar-refractivity contribution in [3.8, 4) is 33.0 Å². The van der Waals surface area contributed by atoms with Gasteiger partial charge < -0.3 is 4.90 Å². The SMILES string of the molecule is Cc1ccc(N(c2ccc3c(c2)C(C)(C)c2ccccc2-3)c2ccc(-c3ccc(C=C(C#N)C#N)s3)s2)cc1C. The smallest absolute Gasteiger partial charge is 0.131 e. The van der Waals surface area contributed by atoms with Gasteiger partial charge in [-0.2, -0.15) is 10.5 Å². The molecular formula is C35H27N3S2. The maximum absolute atomic E-state index is 9.13. The molecule has 1 aliphatic rings. The summed E-state index contributed by atoms with van der Waals surface area (Å²) in [5.41, 5.74) is 10.2. The molecule has 3 aromatic carbocycles. The van der Waals surface area contributed by atoms with Crippen molar-refractivity contribution in [3.05, 3.63) is 118 Å². The molecular weight excluding hydrogens is 527 g/mol. The quantitative estimate of drug-likeness (QED) is 0.203. The van der Waals surface area contributed by atoms with E-state index in [1.165, 1.54) is 33.4 Å². The number of fused-ring (bicyclic) bond motifs is 3. The first kappa shape index (κ1) is 25.8. The van der Waals surface area contributed by atoms with Gasteiger partial charge in [-0.1, -0.05) is 50.2 Å².